The van der Waals surface area contributed by atoms with Crippen molar-refractivity contribution in [2.75, 3.05) is 0 Å². The van der Waals surface area contributed by atoms with Gasteiger partial charge in [0.1, 0.15) is 18.0 Å². The van der Waals surface area contributed by atoms with Crippen molar-refractivity contribution in [3.8, 4) is 0 Å². The molecule has 206 valence electrons. The topological polar surface area (TPSA) is 147 Å². The summed E-state index contributed by atoms with van der Waals surface area (Å²) < 4.78 is 11.1. The molecular weight excluding hydrogens is 492 g/mol. The summed E-state index contributed by atoms with van der Waals surface area (Å²) in [5.74, 6) is -4.99. The Bertz CT molecular complexity index is 1180. The second kappa shape index (κ2) is 9.10. The fourth-order valence-corrected chi connectivity index (χ4v) is 7.42. The second-order valence-electron chi connectivity index (χ2n) is 12.1. The molecule has 1 aromatic rings. The van der Waals surface area contributed by atoms with E-state index >= 15 is 0 Å². The fourth-order valence-electron chi connectivity index (χ4n) is 7.42. The Kier molecular flexibility index (Phi) is 6.74. The minimum absolute atomic E-state index is 0.115. The maximum atomic E-state index is 13.9. The fraction of sp³-hybridized carbons (Fsp3) is 0.586. The molecule has 9 nitrogen and oxygen atoms in total. The maximum absolute atomic E-state index is 13.9. The van der Waals surface area contributed by atoms with Gasteiger partial charge >= 0.3 is 11.9 Å². The van der Waals surface area contributed by atoms with E-state index in [-0.39, 0.29) is 18.4 Å². The van der Waals surface area contributed by atoms with Crippen LogP contribution in [-0.4, -0.2) is 68.8 Å². The normalized spacial score (nSPS) is 41.9. The average Bonchev–Trinajstić information content (AvgIpc) is 2.86. The van der Waals surface area contributed by atoms with Gasteiger partial charge in [-0.25, -0.2) is 4.79 Å². The predicted molar refractivity (Wildman–Crippen MR) is 135 cm³/mol. The molecule has 3 fully saturated rings. The molecule has 9 atom stereocenters. The number of ether oxygens (including phenoxy) is 2. The highest BCUT2D eigenvalue weighted by atomic mass is 16.6. The third kappa shape index (κ3) is 3.78. The number of benzene rings is 1. The van der Waals surface area contributed by atoms with Gasteiger partial charge in [-0.2, -0.15) is 0 Å². The van der Waals surface area contributed by atoms with Crippen molar-refractivity contribution in [3.05, 3.63) is 48.6 Å². The van der Waals surface area contributed by atoms with Gasteiger partial charge in [-0.3, -0.25) is 14.4 Å². The lowest BCUT2D eigenvalue weighted by molar-refractivity contribution is -0.291. The zero-order chi connectivity index (χ0) is 28.4. The summed E-state index contributed by atoms with van der Waals surface area (Å²) in [6.45, 7) is 11.3. The number of rotatable bonds is 4. The Balaban J connectivity index is 1.87. The van der Waals surface area contributed by atoms with E-state index in [9.17, 15) is 34.5 Å². The standard InChI is InChI=1S/C29H36O9/c1-7-27(5)14-17(31)21-28(6)18(13-19(37-15(2)30)29(21,36)25(27)35)26(3,4)22(32)20(23(28)33)38-24(34)16-11-9-8-10-12-16/h7-12,18-23,32-33,36H,1,13-14H2,2-6H3/t18-,19+,20-,21+,22+,23-,27-,28-,29-/m0/s1. The number of aliphatic hydroxyl groups is 3. The van der Waals surface area contributed by atoms with Crippen LogP contribution in [-0.2, 0) is 23.9 Å². The van der Waals surface area contributed by atoms with Crippen molar-refractivity contribution in [2.24, 2.45) is 28.1 Å². The van der Waals surface area contributed by atoms with Crippen molar-refractivity contribution in [1.82, 2.24) is 0 Å². The lowest BCUT2D eigenvalue weighted by Crippen LogP contribution is -2.79. The third-order valence-electron chi connectivity index (χ3n) is 9.43. The van der Waals surface area contributed by atoms with Crippen LogP contribution in [0.2, 0.25) is 0 Å². The third-order valence-corrected chi connectivity index (χ3v) is 9.43. The minimum atomic E-state index is -2.47. The van der Waals surface area contributed by atoms with Gasteiger partial charge in [-0.05, 0) is 36.8 Å². The van der Waals surface area contributed by atoms with Crippen molar-refractivity contribution in [1.29, 1.82) is 0 Å². The smallest absolute Gasteiger partial charge is 0.338 e. The van der Waals surface area contributed by atoms with E-state index in [1.807, 2.05) is 0 Å². The van der Waals surface area contributed by atoms with Crippen LogP contribution in [0.4, 0.5) is 0 Å². The Hall–Kier alpha value is -2.88. The number of carbonyl (C=O) groups is 4. The Labute approximate surface area is 221 Å². The molecule has 38 heavy (non-hydrogen) atoms. The summed E-state index contributed by atoms with van der Waals surface area (Å²) in [7, 11) is 0. The Morgan fingerprint density at radius 2 is 1.63 bits per heavy atom. The van der Waals surface area contributed by atoms with Gasteiger partial charge in [0.2, 0.25) is 0 Å². The highest BCUT2D eigenvalue weighted by Gasteiger charge is 2.77. The van der Waals surface area contributed by atoms with E-state index in [0.717, 1.165) is 6.92 Å². The summed E-state index contributed by atoms with van der Waals surface area (Å²) >= 11 is 0. The molecule has 3 aliphatic carbocycles. The van der Waals surface area contributed by atoms with Crippen LogP contribution in [0.15, 0.2) is 43.0 Å². The summed E-state index contributed by atoms with van der Waals surface area (Å²) in [4.78, 5) is 52.8. The average molecular weight is 529 g/mol. The number of aliphatic hydroxyl groups excluding tert-OH is 2. The summed E-state index contributed by atoms with van der Waals surface area (Å²) in [5.41, 5.74) is -6.32. The molecule has 1 aromatic carbocycles. The molecule has 0 heterocycles. The first-order valence-corrected chi connectivity index (χ1v) is 12.8. The Morgan fingerprint density at radius 3 is 2.18 bits per heavy atom. The van der Waals surface area contributed by atoms with Crippen LogP contribution in [0.5, 0.6) is 0 Å². The molecule has 3 N–H and O–H groups in total. The second-order valence-corrected chi connectivity index (χ2v) is 12.1. The van der Waals surface area contributed by atoms with Gasteiger partial charge in [0.15, 0.2) is 17.5 Å². The van der Waals surface area contributed by atoms with Crippen LogP contribution in [0.3, 0.4) is 0 Å². The van der Waals surface area contributed by atoms with Crippen LogP contribution >= 0.6 is 0 Å². The van der Waals surface area contributed by atoms with Gasteiger partial charge in [0.05, 0.1) is 23.0 Å². The van der Waals surface area contributed by atoms with Gasteiger partial charge in [0.25, 0.3) is 0 Å². The van der Waals surface area contributed by atoms with Crippen molar-refractivity contribution in [2.45, 2.75) is 77.5 Å². The predicted octanol–water partition coefficient (Wildman–Crippen LogP) is 2.01. The number of esters is 2. The van der Waals surface area contributed by atoms with Crippen molar-refractivity contribution in [3.63, 3.8) is 0 Å². The van der Waals surface area contributed by atoms with E-state index in [1.54, 1.807) is 39.0 Å². The molecule has 0 spiro atoms. The molecule has 9 heteroatoms. The summed E-state index contributed by atoms with van der Waals surface area (Å²) in [6, 6.07) is 8.07. The lowest BCUT2D eigenvalue weighted by Gasteiger charge is -2.67. The first-order valence-electron chi connectivity index (χ1n) is 12.8. The van der Waals surface area contributed by atoms with Crippen LogP contribution in [0.25, 0.3) is 0 Å². The van der Waals surface area contributed by atoms with E-state index < -0.39 is 81.6 Å². The quantitative estimate of drug-likeness (QED) is 0.394. The molecular formula is C29H36O9. The first kappa shape index (κ1) is 28.1. The monoisotopic (exact) mass is 528 g/mol. The number of Topliss-reactive ketones (excluding diaryl/α,β-unsaturated/α-hetero) is 2. The zero-order valence-electron chi connectivity index (χ0n) is 22.3. The van der Waals surface area contributed by atoms with Crippen LogP contribution in [0, 0.1) is 28.1 Å². The lowest BCUT2D eigenvalue weighted by atomic mass is 9.39. The van der Waals surface area contributed by atoms with E-state index in [2.05, 4.69) is 6.58 Å². The van der Waals surface area contributed by atoms with Gasteiger partial charge in [-0.15, -0.1) is 6.58 Å². The number of carbonyl (C=O) groups excluding carboxylic acids is 4. The van der Waals surface area contributed by atoms with E-state index in [0.29, 0.717) is 0 Å². The molecule has 4 rings (SSSR count). The highest BCUT2D eigenvalue weighted by molar-refractivity contribution is 6.06. The Morgan fingerprint density at radius 1 is 1.03 bits per heavy atom. The van der Waals surface area contributed by atoms with Gasteiger partial charge in [-0.1, -0.05) is 45.0 Å². The highest BCUT2D eigenvalue weighted by Crippen LogP contribution is 2.65. The molecule has 0 bridgehead atoms. The molecule has 0 amide bonds. The number of allylic oxidation sites excluding steroid dienone is 1. The zero-order valence-corrected chi connectivity index (χ0v) is 22.3. The van der Waals surface area contributed by atoms with Gasteiger partial charge in [0, 0.05) is 18.8 Å². The SMILES string of the molecule is C=C[C@@]1(C)CC(=O)[C@H]2[C@](O)(C1=O)[C@H](OC(C)=O)C[C@H]1C(C)(C)[C@H](O)[C@H](OC(=O)c3ccccc3)[C@H](O)[C@@]12C. The maximum Gasteiger partial charge on any atom is 0.338 e. The molecule has 0 aliphatic heterocycles. The van der Waals surface area contributed by atoms with Crippen molar-refractivity contribution < 1.29 is 44.0 Å². The van der Waals surface area contributed by atoms with Gasteiger partial charge < -0.3 is 24.8 Å². The largest absolute Gasteiger partial charge is 0.459 e. The first-order chi connectivity index (χ1) is 17.6. The van der Waals surface area contributed by atoms with Crippen LogP contribution in [0.1, 0.15) is 57.8 Å². The number of hydrogen-bond donors (Lipinski definition) is 3. The molecule has 3 aliphatic rings. The van der Waals surface area contributed by atoms with E-state index in [4.69, 9.17) is 9.47 Å². The molecule has 0 unspecified atom stereocenters. The van der Waals surface area contributed by atoms with Crippen molar-refractivity contribution >= 4 is 23.5 Å². The summed E-state index contributed by atoms with van der Waals surface area (Å²) in [5, 5.41) is 35.3. The molecule has 0 aromatic heterocycles. The molecule has 0 radical (unpaired) electrons. The number of fused-ring (bicyclic) bond motifs is 3. The summed E-state index contributed by atoms with van der Waals surface area (Å²) in [6.07, 6.45) is -4.97. The van der Waals surface area contributed by atoms with E-state index in [1.165, 1.54) is 25.1 Å². The molecule has 0 saturated heterocycles. The number of hydrogen-bond acceptors (Lipinski definition) is 9. The minimum Gasteiger partial charge on any atom is -0.459 e. The number of ketones is 2. The van der Waals surface area contributed by atoms with Crippen LogP contribution < -0.4 is 0 Å². The molecule has 3 saturated carbocycles.